The van der Waals surface area contributed by atoms with E-state index in [2.05, 4.69) is 12.2 Å². The van der Waals surface area contributed by atoms with Crippen molar-refractivity contribution < 1.29 is 9.21 Å². The van der Waals surface area contributed by atoms with Crippen molar-refractivity contribution in [2.75, 3.05) is 20.1 Å². The molecule has 0 aliphatic carbocycles. The topological polar surface area (TPSA) is 45.5 Å². The zero-order chi connectivity index (χ0) is 13.2. The molecular weight excluding hydrogens is 228 g/mol. The molecule has 4 heteroatoms. The highest BCUT2D eigenvalue weighted by Crippen LogP contribution is 2.29. The monoisotopic (exact) mass is 250 g/mol. The average molecular weight is 250 g/mol. The molecular formula is C14H22N2O2. The van der Waals surface area contributed by atoms with Crippen LogP contribution in [-0.2, 0) is 0 Å². The fourth-order valence-electron chi connectivity index (χ4n) is 2.77. The van der Waals surface area contributed by atoms with E-state index in [0.29, 0.717) is 5.76 Å². The van der Waals surface area contributed by atoms with Gasteiger partial charge in [0.25, 0.3) is 5.91 Å². The van der Waals surface area contributed by atoms with Crippen LogP contribution in [0.5, 0.6) is 0 Å². The Morgan fingerprint density at radius 1 is 1.50 bits per heavy atom. The molecule has 0 radical (unpaired) electrons. The maximum absolute atomic E-state index is 12.5. The third kappa shape index (κ3) is 2.43. The Hall–Kier alpha value is -1.29. The molecule has 1 unspecified atom stereocenters. The van der Waals surface area contributed by atoms with Gasteiger partial charge in [-0.25, -0.2) is 0 Å². The van der Waals surface area contributed by atoms with Crippen LogP contribution in [0.1, 0.15) is 42.5 Å². The third-order valence-corrected chi connectivity index (χ3v) is 3.75. The molecule has 1 aromatic heterocycles. The van der Waals surface area contributed by atoms with Gasteiger partial charge in [-0.2, -0.15) is 0 Å². The molecule has 0 bridgehead atoms. The smallest absolute Gasteiger partial charge is 0.290 e. The van der Waals surface area contributed by atoms with E-state index in [1.54, 1.807) is 6.07 Å². The number of carbonyl (C=O) groups is 1. The normalized spacial score (nSPS) is 24.3. The zero-order valence-electron chi connectivity index (χ0n) is 11.5. The summed E-state index contributed by atoms with van der Waals surface area (Å²) in [5.74, 6) is 1.25. The van der Waals surface area contributed by atoms with Crippen LogP contribution < -0.4 is 5.32 Å². The highest BCUT2D eigenvalue weighted by molar-refractivity contribution is 5.92. The molecule has 0 saturated carbocycles. The standard InChI is InChI=1S/C14H22N2O2/c1-11-6-7-12(18-11)13(17)16-9-5-4-8-14(16,2)10-15-3/h6-7,15H,4-5,8-10H2,1-3H3. The van der Waals surface area contributed by atoms with Gasteiger partial charge in [-0.1, -0.05) is 0 Å². The lowest BCUT2D eigenvalue weighted by atomic mass is 9.88. The van der Waals surface area contributed by atoms with Crippen LogP contribution in [0.15, 0.2) is 16.5 Å². The van der Waals surface area contributed by atoms with Crippen LogP contribution >= 0.6 is 0 Å². The van der Waals surface area contributed by atoms with Gasteiger partial charge in [-0.05, 0) is 52.3 Å². The van der Waals surface area contributed by atoms with Gasteiger partial charge in [0.15, 0.2) is 5.76 Å². The predicted molar refractivity (Wildman–Crippen MR) is 70.7 cm³/mol. The average Bonchev–Trinajstić information content (AvgIpc) is 2.76. The van der Waals surface area contributed by atoms with Crippen molar-refractivity contribution in [3.05, 3.63) is 23.7 Å². The number of piperidine rings is 1. The number of amides is 1. The van der Waals surface area contributed by atoms with Crippen LogP contribution in [0.3, 0.4) is 0 Å². The maximum Gasteiger partial charge on any atom is 0.290 e. The summed E-state index contributed by atoms with van der Waals surface area (Å²) in [7, 11) is 1.93. The second-order valence-corrected chi connectivity index (χ2v) is 5.35. The summed E-state index contributed by atoms with van der Waals surface area (Å²) in [5, 5.41) is 3.19. The van der Waals surface area contributed by atoms with Crippen LogP contribution in [0.4, 0.5) is 0 Å². The number of rotatable bonds is 3. The van der Waals surface area contributed by atoms with E-state index >= 15 is 0 Å². The van der Waals surface area contributed by atoms with Crippen LogP contribution in [0.2, 0.25) is 0 Å². The molecule has 1 saturated heterocycles. The molecule has 1 N–H and O–H groups in total. The Bertz CT molecular complexity index is 423. The third-order valence-electron chi connectivity index (χ3n) is 3.75. The molecule has 1 aliphatic rings. The number of hydrogen-bond acceptors (Lipinski definition) is 3. The predicted octanol–water partition coefficient (Wildman–Crippen LogP) is 2.19. The van der Waals surface area contributed by atoms with Gasteiger partial charge in [-0.15, -0.1) is 0 Å². The molecule has 1 amide bonds. The molecule has 4 nitrogen and oxygen atoms in total. The van der Waals surface area contributed by atoms with Gasteiger partial charge in [0.2, 0.25) is 0 Å². The number of likely N-dealkylation sites (tertiary alicyclic amines) is 1. The SMILES string of the molecule is CNCC1(C)CCCCN1C(=O)c1ccc(C)o1. The number of furan rings is 1. The number of likely N-dealkylation sites (N-methyl/N-ethyl adjacent to an activating group) is 1. The van der Waals surface area contributed by atoms with Gasteiger partial charge in [0.1, 0.15) is 5.76 Å². The Balaban J connectivity index is 2.21. The minimum absolute atomic E-state index is 0.0144. The lowest BCUT2D eigenvalue weighted by molar-refractivity contribution is 0.0351. The largest absolute Gasteiger partial charge is 0.456 e. The summed E-state index contributed by atoms with van der Waals surface area (Å²) in [6, 6.07) is 3.61. The minimum Gasteiger partial charge on any atom is -0.456 e. The van der Waals surface area contributed by atoms with E-state index < -0.39 is 0 Å². The molecule has 0 spiro atoms. The maximum atomic E-state index is 12.5. The van der Waals surface area contributed by atoms with Crippen LogP contribution in [-0.4, -0.2) is 36.5 Å². The molecule has 1 atom stereocenters. The van der Waals surface area contributed by atoms with Crippen molar-refractivity contribution in [2.45, 2.75) is 38.6 Å². The van der Waals surface area contributed by atoms with E-state index in [4.69, 9.17) is 4.42 Å². The van der Waals surface area contributed by atoms with E-state index in [1.165, 1.54) is 6.42 Å². The first kappa shape index (κ1) is 13.1. The lowest BCUT2D eigenvalue weighted by Gasteiger charge is -2.44. The van der Waals surface area contributed by atoms with E-state index in [0.717, 1.165) is 31.7 Å². The van der Waals surface area contributed by atoms with Crippen molar-refractivity contribution in [2.24, 2.45) is 0 Å². The lowest BCUT2D eigenvalue weighted by Crippen LogP contribution is -2.57. The summed E-state index contributed by atoms with van der Waals surface area (Å²) in [6.45, 7) is 5.64. The van der Waals surface area contributed by atoms with Crippen LogP contribution in [0, 0.1) is 6.92 Å². The van der Waals surface area contributed by atoms with Crippen molar-refractivity contribution in [3.63, 3.8) is 0 Å². The van der Waals surface area contributed by atoms with Gasteiger partial charge in [0, 0.05) is 13.1 Å². The van der Waals surface area contributed by atoms with Crippen LogP contribution in [0.25, 0.3) is 0 Å². The summed E-state index contributed by atoms with van der Waals surface area (Å²) < 4.78 is 5.46. The fraction of sp³-hybridized carbons (Fsp3) is 0.643. The molecule has 18 heavy (non-hydrogen) atoms. The molecule has 1 aliphatic heterocycles. The van der Waals surface area contributed by atoms with Crippen molar-refractivity contribution in [3.8, 4) is 0 Å². The first-order chi connectivity index (χ1) is 8.57. The van der Waals surface area contributed by atoms with Gasteiger partial charge in [-0.3, -0.25) is 4.79 Å². The molecule has 1 aromatic rings. The number of nitrogens with zero attached hydrogens (tertiary/aromatic N) is 1. The van der Waals surface area contributed by atoms with Gasteiger partial charge >= 0.3 is 0 Å². The molecule has 0 aromatic carbocycles. The summed E-state index contributed by atoms with van der Waals surface area (Å²) in [6.07, 6.45) is 3.29. The van der Waals surface area contributed by atoms with Crippen molar-refractivity contribution >= 4 is 5.91 Å². The van der Waals surface area contributed by atoms with E-state index in [-0.39, 0.29) is 11.4 Å². The summed E-state index contributed by atoms with van der Waals surface area (Å²) >= 11 is 0. The minimum atomic E-state index is -0.106. The second kappa shape index (κ2) is 5.14. The highest BCUT2D eigenvalue weighted by atomic mass is 16.3. The van der Waals surface area contributed by atoms with Crippen molar-refractivity contribution in [1.82, 2.24) is 10.2 Å². The number of hydrogen-bond donors (Lipinski definition) is 1. The second-order valence-electron chi connectivity index (χ2n) is 5.35. The summed E-state index contributed by atoms with van der Waals surface area (Å²) in [4.78, 5) is 14.5. The molecule has 1 fully saturated rings. The molecule has 100 valence electrons. The number of nitrogens with one attached hydrogen (secondary N) is 1. The zero-order valence-corrected chi connectivity index (χ0v) is 11.5. The first-order valence-electron chi connectivity index (χ1n) is 6.60. The number of carbonyl (C=O) groups excluding carboxylic acids is 1. The van der Waals surface area contributed by atoms with Gasteiger partial charge < -0.3 is 14.6 Å². The summed E-state index contributed by atoms with van der Waals surface area (Å²) in [5.41, 5.74) is -0.106. The Morgan fingerprint density at radius 3 is 2.89 bits per heavy atom. The van der Waals surface area contributed by atoms with E-state index in [1.807, 2.05) is 24.9 Å². The van der Waals surface area contributed by atoms with Crippen molar-refractivity contribution in [1.29, 1.82) is 0 Å². The Kier molecular flexibility index (Phi) is 3.76. The van der Waals surface area contributed by atoms with Gasteiger partial charge in [0.05, 0.1) is 5.54 Å². The number of aryl methyl sites for hydroxylation is 1. The van der Waals surface area contributed by atoms with E-state index in [9.17, 15) is 4.79 Å². The quantitative estimate of drug-likeness (QED) is 0.894. The molecule has 2 rings (SSSR count). The fourth-order valence-corrected chi connectivity index (χ4v) is 2.77. The Morgan fingerprint density at radius 2 is 2.28 bits per heavy atom. The molecule has 2 heterocycles. The first-order valence-corrected chi connectivity index (χ1v) is 6.60. The highest BCUT2D eigenvalue weighted by Gasteiger charge is 2.38. The Labute approximate surface area is 108 Å².